The zero-order chi connectivity index (χ0) is 18.8. The molecule has 0 fully saturated rings. The Bertz CT molecular complexity index is 860. The Morgan fingerprint density at radius 3 is 1.38 bits per heavy atom. The van der Waals surface area contributed by atoms with Crippen LogP contribution in [-0.2, 0) is 0 Å². The maximum atomic E-state index is 10.1. The van der Waals surface area contributed by atoms with Crippen molar-refractivity contribution in [2.24, 2.45) is 0 Å². The maximum Gasteiger partial charge on any atom is 0.123 e. The Balaban J connectivity index is 1.94. The molecule has 3 rings (SSSR count). The van der Waals surface area contributed by atoms with E-state index in [1.807, 2.05) is 38.1 Å². The normalized spacial score (nSPS) is 13.3. The molecule has 0 aliphatic rings. The summed E-state index contributed by atoms with van der Waals surface area (Å²) in [6.45, 7) is 3.99. The zero-order valence-electron chi connectivity index (χ0n) is 14.7. The third kappa shape index (κ3) is 3.45. The number of benzene rings is 3. The largest absolute Gasteiger partial charge is 0.508 e. The van der Waals surface area contributed by atoms with Crippen molar-refractivity contribution in [2.45, 2.75) is 25.7 Å². The summed E-state index contributed by atoms with van der Waals surface area (Å²) in [5, 5.41) is 39.2. The number of hydrogen-bond donors (Lipinski definition) is 4. The molecule has 0 heterocycles. The molecular formula is C22H22O4. The topological polar surface area (TPSA) is 80.9 Å². The quantitative estimate of drug-likeness (QED) is 0.544. The number of aromatic hydroxyl groups is 4. The van der Waals surface area contributed by atoms with E-state index >= 15 is 0 Å². The first-order valence-electron chi connectivity index (χ1n) is 8.50. The van der Waals surface area contributed by atoms with Gasteiger partial charge in [0.05, 0.1) is 0 Å². The molecule has 26 heavy (non-hydrogen) atoms. The molecule has 0 aliphatic heterocycles. The molecule has 0 spiro atoms. The van der Waals surface area contributed by atoms with Crippen molar-refractivity contribution in [2.75, 3.05) is 0 Å². The van der Waals surface area contributed by atoms with Crippen LogP contribution in [0.25, 0.3) is 0 Å². The SMILES string of the molecule is CC(c1cccc(C(C)c2ccc(O)cc2O)c1)c1ccc(O)cc1O. The molecule has 4 heteroatoms. The van der Waals surface area contributed by atoms with Gasteiger partial charge in [-0.15, -0.1) is 0 Å². The predicted octanol–water partition coefficient (Wildman–Crippen LogP) is 4.81. The molecule has 0 bridgehead atoms. The number of phenolic OH excluding ortho intramolecular Hbond substituents is 4. The van der Waals surface area contributed by atoms with Gasteiger partial charge in [-0.3, -0.25) is 0 Å². The van der Waals surface area contributed by atoms with Crippen LogP contribution in [0.3, 0.4) is 0 Å². The minimum Gasteiger partial charge on any atom is -0.508 e. The van der Waals surface area contributed by atoms with Gasteiger partial charge in [0, 0.05) is 35.1 Å². The van der Waals surface area contributed by atoms with E-state index in [1.165, 1.54) is 12.1 Å². The van der Waals surface area contributed by atoms with Gasteiger partial charge in [0.15, 0.2) is 0 Å². The van der Waals surface area contributed by atoms with Crippen LogP contribution in [0.15, 0.2) is 60.7 Å². The smallest absolute Gasteiger partial charge is 0.123 e. The van der Waals surface area contributed by atoms with Gasteiger partial charge in [0.2, 0.25) is 0 Å². The van der Waals surface area contributed by atoms with Crippen molar-refractivity contribution >= 4 is 0 Å². The van der Waals surface area contributed by atoms with Gasteiger partial charge in [0.25, 0.3) is 0 Å². The van der Waals surface area contributed by atoms with Crippen LogP contribution < -0.4 is 0 Å². The summed E-state index contributed by atoms with van der Waals surface area (Å²) in [6, 6.07) is 17.2. The molecule has 0 aliphatic carbocycles. The molecule has 0 amide bonds. The lowest BCUT2D eigenvalue weighted by Gasteiger charge is -2.19. The molecule has 134 valence electrons. The molecule has 0 radical (unpaired) electrons. The van der Waals surface area contributed by atoms with Crippen molar-refractivity contribution in [1.29, 1.82) is 0 Å². The summed E-state index contributed by atoms with van der Waals surface area (Å²) in [7, 11) is 0. The highest BCUT2D eigenvalue weighted by Gasteiger charge is 2.17. The van der Waals surface area contributed by atoms with Crippen LogP contribution in [0.1, 0.15) is 47.9 Å². The summed E-state index contributed by atoms with van der Waals surface area (Å²) in [4.78, 5) is 0. The molecule has 0 saturated heterocycles. The van der Waals surface area contributed by atoms with E-state index in [0.29, 0.717) is 0 Å². The molecule has 2 unspecified atom stereocenters. The van der Waals surface area contributed by atoms with Gasteiger partial charge in [-0.25, -0.2) is 0 Å². The second kappa shape index (κ2) is 7.00. The van der Waals surface area contributed by atoms with E-state index in [2.05, 4.69) is 0 Å². The van der Waals surface area contributed by atoms with E-state index in [4.69, 9.17) is 0 Å². The monoisotopic (exact) mass is 350 g/mol. The Labute approximate surface area is 152 Å². The van der Waals surface area contributed by atoms with Gasteiger partial charge in [0.1, 0.15) is 23.0 Å². The first kappa shape index (κ1) is 17.7. The Hall–Kier alpha value is -3.14. The minimum atomic E-state index is -0.0591. The van der Waals surface area contributed by atoms with Crippen molar-refractivity contribution in [3.8, 4) is 23.0 Å². The number of rotatable bonds is 4. The minimum absolute atomic E-state index is 0.0311. The van der Waals surface area contributed by atoms with Crippen molar-refractivity contribution < 1.29 is 20.4 Å². The van der Waals surface area contributed by atoms with Gasteiger partial charge < -0.3 is 20.4 Å². The van der Waals surface area contributed by atoms with Crippen LogP contribution in [-0.4, -0.2) is 20.4 Å². The van der Waals surface area contributed by atoms with Crippen molar-refractivity contribution in [1.82, 2.24) is 0 Å². The Morgan fingerprint density at radius 1 is 0.577 bits per heavy atom. The van der Waals surface area contributed by atoms with Gasteiger partial charge in [-0.05, 0) is 23.3 Å². The Kier molecular flexibility index (Phi) is 4.76. The first-order valence-corrected chi connectivity index (χ1v) is 8.50. The van der Waals surface area contributed by atoms with Crippen LogP contribution >= 0.6 is 0 Å². The standard InChI is InChI=1S/C22H22O4/c1-13(19-8-6-17(23)11-21(19)25)15-4-3-5-16(10-15)14(2)20-9-7-18(24)12-22(20)26/h3-14,23-26H,1-2H3. The second-order valence-electron chi connectivity index (χ2n) is 6.60. The van der Waals surface area contributed by atoms with Gasteiger partial charge in [-0.2, -0.15) is 0 Å². The van der Waals surface area contributed by atoms with Gasteiger partial charge in [-0.1, -0.05) is 50.2 Å². The highest BCUT2D eigenvalue weighted by Crippen LogP contribution is 2.37. The average Bonchev–Trinajstić information content (AvgIpc) is 2.61. The van der Waals surface area contributed by atoms with Crippen LogP contribution in [0.5, 0.6) is 23.0 Å². The van der Waals surface area contributed by atoms with Crippen molar-refractivity contribution in [3.63, 3.8) is 0 Å². The lowest BCUT2D eigenvalue weighted by molar-refractivity contribution is 0.444. The lowest BCUT2D eigenvalue weighted by atomic mass is 9.87. The van der Waals surface area contributed by atoms with E-state index < -0.39 is 0 Å². The number of phenols is 4. The Morgan fingerprint density at radius 2 is 1.00 bits per heavy atom. The molecule has 4 nitrogen and oxygen atoms in total. The summed E-state index contributed by atoms with van der Waals surface area (Å²) in [6.07, 6.45) is 0. The fraction of sp³-hybridized carbons (Fsp3) is 0.182. The molecule has 4 N–H and O–H groups in total. The first-order chi connectivity index (χ1) is 12.4. The predicted molar refractivity (Wildman–Crippen MR) is 101 cm³/mol. The summed E-state index contributed by atoms with van der Waals surface area (Å²) in [5.74, 6) is 0.0684. The molecule has 3 aromatic carbocycles. The number of hydrogen-bond acceptors (Lipinski definition) is 4. The zero-order valence-corrected chi connectivity index (χ0v) is 14.7. The highest BCUT2D eigenvalue weighted by atomic mass is 16.3. The third-order valence-corrected chi connectivity index (χ3v) is 4.87. The van der Waals surface area contributed by atoms with Crippen LogP contribution in [0.4, 0.5) is 0 Å². The molecule has 0 saturated carbocycles. The fourth-order valence-electron chi connectivity index (χ4n) is 3.25. The van der Waals surface area contributed by atoms with Crippen molar-refractivity contribution in [3.05, 3.63) is 82.9 Å². The van der Waals surface area contributed by atoms with E-state index in [9.17, 15) is 20.4 Å². The average molecular weight is 350 g/mol. The summed E-state index contributed by atoms with van der Waals surface area (Å²) < 4.78 is 0. The van der Waals surface area contributed by atoms with Crippen LogP contribution in [0, 0.1) is 0 Å². The molecule has 3 aromatic rings. The van der Waals surface area contributed by atoms with E-state index in [-0.39, 0.29) is 34.8 Å². The molecule has 0 aromatic heterocycles. The van der Waals surface area contributed by atoms with E-state index in [0.717, 1.165) is 22.3 Å². The second-order valence-corrected chi connectivity index (χ2v) is 6.60. The highest BCUT2D eigenvalue weighted by molar-refractivity contribution is 5.48. The fourth-order valence-corrected chi connectivity index (χ4v) is 3.25. The molecule has 2 atom stereocenters. The third-order valence-electron chi connectivity index (χ3n) is 4.87. The maximum absolute atomic E-state index is 10.1. The summed E-state index contributed by atoms with van der Waals surface area (Å²) >= 11 is 0. The molecular weight excluding hydrogens is 328 g/mol. The van der Waals surface area contributed by atoms with Gasteiger partial charge >= 0.3 is 0 Å². The van der Waals surface area contributed by atoms with E-state index in [1.54, 1.807) is 24.3 Å². The summed E-state index contributed by atoms with van der Waals surface area (Å²) in [5.41, 5.74) is 3.52. The van der Waals surface area contributed by atoms with Crippen LogP contribution in [0.2, 0.25) is 0 Å². The lowest BCUT2D eigenvalue weighted by Crippen LogP contribution is -2.01.